The second kappa shape index (κ2) is 4.46. The van der Waals surface area contributed by atoms with Crippen molar-refractivity contribution in [3.8, 4) is 0 Å². The minimum atomic E-state index is -0.0609. The number of nitrogens with one attached hydrogen (secondary N) is 2. The zero-order valence-corrected chi connectivity index (χ0v) is 8.16. The third-order valence-corrected chi connectivity index (χ3v) is 2.61. The molecule has 2 amide bonds. The van der Waals surface area contributed by atoms with Crippen molar-refractivity contribution in [2.75, 3.05) is 13.2 Å². The molecule has 0 radical (unpaired) electrons. The van der Waals surface area contributed by atoms with Gasteiger partial charge < -0.3 is 15.4 Å². The molecule has 78 valence electrons. The zero-order chi connectivity index (χ0) is 9.80. The third-order valence-electron chi connectivity index (χ3n) is 2.61. The first-order valence-corrected chi connectivity index (χ1v) is 5.14. The van der Waals surface area contributed by atoms with Gasteiger partial charge in [0, 0.05) is 12.6 Å². The van der Waals surface area contributed by atoms with Gasteiger partial charge in [-0.2, -0.15) is 0 Å². The van der Waals surface area contributed by atoms with Crippen molar-refractivity contribution in [2.45, 2.75) is 31.3 Å². The smallest absolute Gasteiger partial charge is 0.315 e. The minimum Gasteiger partial charge on any atom is -0.379 e. The van der Waals surface area contributed by atoms with E-state index in [4.69, 9.17) is 4.74 Å². The predicted molar refractivity (Wildman–Crippen MR) is 53.1 cm³/mol. The van der Waals surface area contributed by atoms with Crippen LogP contribution in [0.15, 0.2) is 12.2 Å². The summed E-state index contributed by atoms with van der Waals surface area (Å²) in [5, 5.41) is 5.84. The Labute approximate surface area is 83.7 Å². The molecule has 1 saturated heterocycles. The lowest BCUT2D eigenvalue weighted by atomic mass is 10.2. The molecular formula is C10H16N2O2. The maximum Gasteiger partial charge on any atom is 0.315 e. The van der Waals surface area contributed by atoms with Crippen LogP contribution in [0.25, 0.3) is 0 Å². The van der Waals surface area contributed by atoms with Crippen LogP contribution in [0, 0.1) is 0 Å². The summed E-state index contributed by atoms with van der Waals surface area (Å²) in [6.07, 6.45) is 7.03. The molecule has 0 spiro atoms. The summed E-state index contributed by atoms with van der Waals surface area (Å²) >= 11 is 0. The van der Waals surface area contributed by atoms with Crippen LogP contribution in [0.2, 0.25) is 0 Å². The van der Waals surface area contributed by atoms with Crippen molar-refractivity contribution in [3.05, 3.63) is 12.2 Å². The Morgan fingerprint density at radius 1 is 1.21 bits per heavy atom. The van der Waals surface area contributed by atoms with Crippen LogP contribution in [0.3, 0.4) is 0 Å². The summed E-state index contributed by atoms with van der Waals surface area (Å²) in [7, 11) is 0. The lowest BCUT2D eigenvalue weighted by Crippen LogP contribution is -2.45. The van der Waals surface area contributed by atoms with Crippen LogP contribution < -0.4 is 10.6 Å². The second-order valence-corrected chi connectivity index (χ2v) is 3.82. The van der Waals surface area contributed by atoms with Crippen molar-refractivity contribution in [2.24, 2.45) is 0 Å². The molecule has 0 bridgehead atoms. The first kappa shape index (κ1) is 9.52. The lowest BCUT2D eigenvalue weighted by molar-refractivity contribution is 0.188. The fourth-order valence-electron chi connectivity index (χ4n) is 1.80. The molecule has 4 nitrogen and oxygen atoms in total. The second-order valence-electron chi connectivity index (χ2n) is 3.82. The summed E-state index contributed by atoms with van der Waals surface area (Å²) in [5.41, 5.74) is 0. The Bertz CT molecular complexity index is 220. The van der Waals surface area contributed by atoms with Gasteiger partial charge in [-0.1, -0.05) is 12.2 Å². The van der Waals surface area contributed by atoms with Crippen LogP contribution in [-0.2, 0) is 4.74 Å². The number of carbonyl (C=O) groups excluding carboxylic acids is 1. The predicted octanol–water partition coefficient (Wildman–Crippen LogP) is 0.793. The molecular weight excluding hydrogens is 180 g/mol. The molecule has 0 aromatic heterocycles. The van der Waals surface area contributed by atoms with Gasteiger partial charge >= 0.3 is 6.03 Å². The highest BCUT2D eigenvalue weighted by Gasteiger charge is 2.19. The van der Waals surface area contributed by atoms with Gasteiger partial charge in [0.1, 0.15) is 0 Å². The van der Waals surface area contributed by atoms with E-state index in [1.165, 1.54) is 0 Å². The molecule has 1 atom stereocenters. The minimum absolute atomic E-state index is 0.0609. The first-order chi connectivity index (χ1) is 6.84. The van der Waals surface area contributed by atoms with Gasteiger partial charge in [0.25, 0.3) is 0 Å². The Morgan fingerprint density at radius 2 is 1.93 bits per heavy atom. The maximum atomic E-state index is 11.4. The van der Waals surface area contributed by atoms with Gasteiger partial charge in [-0.15, -0.1) is 0 Å². The Morgan fingerprint density at radius 3 is 2.57 bits per heavy atom. The summed E-state index contributed by atoms with van der Waals surface area (Å²) in [4.78, 5) is 11.4. The maximum absolute atomic E-state index is 11.4. The molecule has 1 heterocycles. The van der Waals surface area contributed by atoms with Crippen LogP contribution in [0.5, 0.6) is 0 Å². The molecule has 1 aliphatic carbocycles. The Kier molecular flexibility index (Phi) is 3.03. The average molecular weight is 196 g/mol. The van der Waals surface area contributed by atoms with Crippen LogP contribution in [-0.4, -0.2) is 31.3 Å². The Hall–Kier alpha value is -1.03. The van der Waals surface area contributed by atoms with E-state index in [2.05, 4.69) is 22.8 Å². The van der Waals surface area contributed by atoms with Gasteiger partial charge in [0.05, 0.1) is 12.6 Å². The van der Waals surface area contributed by atoms with Crippen molar-refractivity contribution in [3.63, 3.8) is 0 Å². The number of carbonyl (C=O) groups is 1. The molecule has 0 aromatic carbocycles. The van der Waals surface area contributed by atoms with E-state index < -0.39 is 0 Å². The van der Waals surface area contributed by atoms with Crippen molar-refractivity contribution in [1.29, 1.82) is 0 Å². The largest absolute Gasteiger partial charge is 0.379 e. The number of ether oxygens (including phenoxy) is 1. The standard InChI is InChI=1S/C10H16N2O2/c13-10(11-8-3-1-2-4-8)12-9-5-6-14-7-9/h1-2,8-9H,3-7H2,(H2,11,12,13). The highest BCUT2D eigenvalue weighted by atomic mass is 16.5. The van der Waals surface area contributed by atoms with E-state index in [1.807, 2.05) is 0 Å². The van der Waals surface area contributed by atoms with Gasteiger partial charge in [-0.05, 0) is 19.3 Å². The monoisotopic (exact) mass is 196 g/mol. The SMILES string of the molecule is O=C(NC1CC=CC1)NC1CCOC1. The van der Waals surface area contributed by atoms with Gasteiger partial charge in [-0.25, -0.2) is 4.79 Å². The van der Waals surface area contributed by atoms with E-state index in [9.17, 15) is 4.79 Å². The van der Waals surface area contributed by atoms with Crippen molar-refractivity contribution in [1.82, 2.24) is 10.6 Å². The highest BCUT2D eigenvalue weighted by Crippen LogP contribution is 2.09. The number of rotatable bonds is 2. The summed E-state index contributed by atoms with van der Waals surface area (Å²) in [6.45, 7) is 1.41. The zero-order valence-electron chi connectivity index (χ0n) is 8.16. The van der Waals surface area contributed by atoms with E-state index >= 15 is 0 Å². The van der Waals surface area contributed by atoms with Crippen LogP contribution in [0.4, 0.5) is 4.79 Å². The summed E-state index contributed by atoms with van der Waals surface area (Å²) in [5.74, 6) is 0. The van der Waals surface area contributed by atoms with E-state index in [0.29, 0.717) is 6.61 Å². The molecule has 0 aromatic rings. The molecule has 2 rings (SSSR count). The van der Waals surface area contributed by atoms with E-state index in [-0.39, 0.29) is 18.1 Å². The summed E-state index contributed by atoms with van der Waals surface area (Å²) < 4.78 is 5.17. The molecule has 1 aliphatic heterocycles. The van der Waals surface area contributed by atoms with Gasteiger partial charge in [0.2, 0.25) is 0 Å². The van der Waals surface area contributed by atoms with E-state index in [1.54, 1.807) is 0 Å². The van der Waals surface area contributed by atoms with Gasteiger partial charge in [-0.3, -0.25) is 0 Å². The molecule has 0 saturated carbocycles. The molecule has 4 heteroatoms. The normalized spacial score (nSPS) is 26.7. The quantitative estimate of drug-likeness (QED) is 0.642. The molecule has 1 unspecified atom stereocenters. The van der Waals surface area contributed by atoms with Crippen LogP contribution in [0.1, 0.15) is 19.3 Å². The fourth-order valence-corrected chi connectivity index (χ4v) is 1.80. The first-order valence-electron chi connectivity index (χ1n) is 5.14. The van der Waals surface area contributed by atoms with Crippen molar-refractivity contribution < 1.29 is 9.53 Å². The average Bonchev–Trinajstić information content (AvgIpc) is 2.76. The number of hydrogen-bond acceptors (Lipinski definition) is 2. The van der Waals surface area contributed by atoms with Crippen LogP contribution >= 0.6 is 0 Å². The number of hydrogen-bond donors (Lipinski definition) is 2. The molecule has 1 fully saturated rings. The molecule has 2 N–H and O–H groups in total. The van der Waals surface area contributed by atoms with Crippen molar-refractivity contribution >= 4 is 6.03 Å². The fraction of sp³-hybridized carbons (Fsp3) is 0.700. The molecule has 2 aliphatic rings. The highest BCUT2D eigenvalue weighted by molar-refractivity contribution is 5.74. The lowest BCUT2D eigenvalue weighted by Gasteiger charge is -2.15. The number of amides is 2. The van der Waals surface area contributed by atoms with Gasteiger partial charge in [0.15, 0.2) is 0 Å². The third kappa shape index (κ3) is 2.48. The number of urea groups is 1. The van der Waals surface area contributed by atoms with E-state index in [0.717, 1.165) is 25.9 Å². The summed E-state index contributed by atoms with van der Waals surface area (Å²) in [6, 6.07) is 0.427. The molecule has 14 heavy (non-hydrogen) atoms. The topological polar surface area (TPSA) is 50.4 Å². The Balaban J connectivity index is 1.67.